The molecular formula is C38H40N4O3S. The van der Waals surface area contributed by atoms with Gasteiger partial charge in [0.25, 0.3) is 5.91 Å². The summed E-state index contributed by atoms with van der Waals surface area (Å²) < 4.78 is 4.92. The van der Waals surface area contributed by atoms with Gasteiger partial charge < -0.3 is 20.4 Å². The molecule has 5 aromatic rings. The SMILES string of the molecule is COC(=O)[C@H](CCSC)NC(=O)c1cccc(CNCC(c2cnc[nH]2)C(c2ccccc2)(c2ccccc2)c2ccccc2)c1. The number of H-pyrrole nitrogens is 1. The highest BCUT2D eigenvalue weighted by atomic mass is 32.2. The molecular weight excluding hydrogens is 593 g/mol. The number of methoxy groups -OCH3 is 1. The zero-order chi connectivity index (χ0) is 32.2. The highest BCUT2D eigenvalue weighted by Gasteiger charge is 2.45. The monoisotopic (exact) mass is 632 g/mol. The van der Waals surface area contributed by atoms with Crippen molar-refractivity contribution in [3.8, 4) is 0 Å². The molecule has 0 saturated heterocycles. The fourth-order valence-corrected chi connectivity index (χ4v) is 6.68. The van der Waals surface area contributed by atoms with Crippen LogP contribution in [0.25, 0.3) is 0 Å². The van der Waals surface area contributed by atoms with E-state index in [1.807, 2.05) is 48.9 Å². The molecule has 0 spiro atoms. The van der Waals surface area contributed by atoms with Crippen LogP contribution in [0, 0.1) is 0 Å². The summed E-state index contributed by atoms with van der Waals surface area (Å²) in [6.45, 7) is 1.14. The van der Waals surface area contributed by atoms with Gasteiger partial charge in [0, 0.05) is 36.5 Å². The predicted octanol–water partition coefficient (Wildman–Crippen LogP) is 6.34. The Balaban J connectivity index is 1.46. The van der Waals surface area contributed by atoms with E-state index in [1.165, 1.54) is 23.8 Å². The molecule has 1 aromatic heterocycles. The molecule has 8 heteroatoms. The summed E-state index contributed by atoms with van der Waals surface area (Å²) in [6, 6.07) is 38.7. The average Bonchev–Trinajstić information content (AvgIpc) is 3.65. The molecule has 0 aliphatic carbocycles. The number of rotatable bonds is 15. The van der Waals surface area contributed by atoms with E-state index in [0.29, 0.717) is 25.1 Å². The van der Waals surface area contributed by atoms with Crippen LogP contribution in [0.15, 0.2) is 128 Å². The summed E-state index contributed by atoms with van der Waals surface area (Å²) in [6.07, 6.45) is 6.11. The number of hydrogen-bond acceptors (Lipinski definition) is 6. The Hall–Kier alpha value is -4.66. The summed E-state index contributed by atoms with van der Waals surface area (Å²) in [4.78, 5) is 33.3. The molecule has 0 radical (unpaired) electrons. The molecule has 1 unspecified atom stereocenters. The fourth-order valence-electron chi connectivity index (χ4n) is 6.21. The molecule has 0 bridgehead atoms. The maximum atomic E-state index is 13.2. The lowest BCUT2D eigenvalue weighted by molar-refractivity contribution is -0.142. The van der Waals surface area contributed by atoms with Crippen LogP contribution in [0.2, 0.25) is 0 Å². The van der Waals surface area contributed by atoms with Gasteiger partial charge in [-0.3, -0.25) is 4.79 Å². The number of nitrogens with zero attached hydrogens (tertiary/aromatic N) is 1. The maximum Gasteiger partial charge on any atom is 0.328 e. The number of amides is 1. The number of nitrogens with one attached hydrogen (secondary N) is 3. The van der Waals surface area contributed by atoms with Gasteiger partial charge in [-0.2, -0.15) is 11.8 Å². The Morgan fingerprint density at radius 2 is 1.48 bits per heavy atom. The zero-order valence-corrected chi connectivity index (χ0v) is 27.0. The lowest BCUT2D eigenvalue weighted by Crippen LogP contribution is -2.42. The van der Waals surface area contributed by atoms with Crippen molar-refractivity contribution in [2.24, 2.45) is 0 Å². The second-order valence-electron chi connectivity index (χ2n) is 11.1. The lowest BCUT2D eigenvalue weighted by Gasteiger charge is -2.42. The van der Waals surface area contributed by atoms with Crippen LogP contribution in [0.1, 0.15) is 50.6 Å². The van der Waals surface area contributed by atoms with Crippen molar-refractivity contribution >= 4 is 23.6 Å². The normalized spacial score (nSPS) is 12.7. The van der Waals surface area contributed by atoms with Gasteiger partial charge in [0.1, 0.15) is 6.04 Å². The van der Waals surface area contributed by atoms with Gasteiger partial charge in [-0.05, 0) is 52.8 Å². The highest BCUT2D eigenvalue weighted by Crippen LogP contribution is 2.49. The summed E-state index contributed by atoms with van der Waals surface area (Å²) in [5.74, 6) is -0.0857. The van der Waals surface area contributed by atoms with Gasteiger partial charge in [-0.15, -0.1) is 0 Å². The third-order valence-electron chi connectivity index (χ3n) is 8.37. The molecule has 7 nitrogen and oxygen atoms in total. The van der Waals surface area contributed by atoms with E-state index in [2.05, 4.69) is 93.4 Å². The van der Waals surface area contributed by atoms with E-state index in [4.69, 9.17) is 4.74 Å². The van der Waals surface area contributed by atoms with Crippen LogP contribution in [0.4, 0.5) is 0 Å². The third-order valence-corrected chi connectivity index (χ3v) is 9.02. The van der Waals surface area contributed by atoms with Crippen LogP contribution in [-0.2, 0) is 21.5 Å². The molecule has 1 heterocycles. The van der Waals surface area contributed by atoms with E-state index in [-0.39, 0.29) is 11.8 Å². The number of esters is 1. The van der Waals surface area contributed by atoms with E-state index in [0.717, 1.165) is 17.0 Å². The molecule has 1 amide bonds. The molecule has 0 fully saturated rings. The molecule has 46 heavy (non-hydrogen) atoms. The Morgan fingerprint density at radius 1 is 0.870 bits per heavy atom. The smallest absolute Gasteiger partial charge is 0.328 e. The second-order valence-corrected chi connectivity index (χ2v) is 12.1. The Bertz CT molecular complexity index is 1570. The number of aromatic amines is 1. The molecule has 236 valence electrons. The Morgan fingerprint density at radius 3 is 2.00 bits per heavy atom. The quantitative estimate of drug-likeness (QED) is 0.0921. The van der Waals surface area contributed by atoms with Crippen LogP contribution in [0.3, 0.4) is 0 Å². The number of thioether (sulfide) groups is 1. The Labute approximate surface area is 275 Å². The van der Waals surface area contributed by atoms with Gasteiger partial charge in [0.15, 0.2) is 0 Å². The number of hydrogen-bond donors (Lipinski definition) is 3. The standard InChI is InChI=1S/C38H40N4O3S/c1-45-37(44)34(21-22-46-2)42-36(43)29-14-12-13-28(23-29)24-39-25-33(35-26-40-27-41-35)38(30-15-6-3-7-16-30,31-17-8-4-9-18-31)32-19-10-5-11-20-32/h3-20,23,26-27,33-34,39H,21-22,24-25H2,1-2H3,(H,40,41)(H,42,43)/t33?,34-/m0/s1. The molecule has 0 aliphatic heterocycles. The summed E-state index contributed by atoms with van der Waals surface area (Å²) >= 11 is 1.62. The van der Waals surface area contributed by atoms with Crippen molar-refractivity contribution in [2.45, 2.75) is 30.3 Å². The molecule has 2 atom stereocenters. The third kappa shape index (κ3) is 7.41. The number of ether oxygens (including phenoxy) is 1. The van der Waals surface area contributed by atoms with Gasteiger partial charge in [0.2, 0.25) is 0 Å². The number of aromatic nitrogens is 2. The highest BCUT2D eigenvalue weighted by molar-refractivity contribution is 7.98. The minimum absolute atomic E-state index is 0.0778. The Kier molecular flexibility index (Phi) is 11.4. The van der Waals surface area contributed by atoms with Crippen molar-refractivity contribution in [1.82, 2.24) is 20.6 Å². The molecule has 5 rings (SSSR count). The first kappa shape index (κ1) is 32.7. The van der Waals surface area contributed by atoms with E-state index >= 15 is 0 Å². The first-order chi connectivity index (χ1) is 22.6. The van der Waals surface area contributed by atoms with Crippen LogP contribution in [0.5, 0.6) is 0 Å². The molecule has 3 N–H and O–H groups in total. The van der Waals surface area contributed by atoms with E-state index in [9.17, 15) is 9.59 Å². The first-order valence-corrected chi connectivity index (χ1v) is 16.8. The number of imidazole rings is 1. The van der Waals surface area contributed by atoms with Crippen molar-refractivity contribution in [2.75, 3.05) is 25.7 Å². The fraction of sp³-hybridized carbons (Fsp3) is 0.237. The van der Waals surface area contributed by atoms with Crippen LogP contribution < -0.4 is 10.6 Å². The molecule has 0 saturated carbocycles. The number of carbonyl (C=O) groups excluding carboxylic acids is 2. The van der Waals surface area contributed by atoms with Gasteiger partial charge in [-0.25, -0.2) is 9.78 Å². The van der Waals surface area contributed by atoms with Crippen LogP contribution >= 0.6 is 11.8 Å². The summed E-state index contributed by atoms with van der Waals surface area (Å²) in [5.41, 5.74) is 5.44. The largest absolute Gasteiger partial charge is 0.467 e. The lowest BCUT2D eigenvalue weighted by atomic mass is 9.61. The van der Waals surface area contributed by atoms with Gasteiger partial charge in [-0.1, -0.05) is 103 Å². The van der Waals surface area contributed by atoms with Gasteiger partial charge in [0.05, 0.1) is 18.9 Å². The average molecular weight is 633 g/mol. The summed E-state index contributed by atoms with van der Waals surface area (Å²) in [5, 5.41) is 6.57. The topological polar surface area (TPSA) is 96.1 Å². The van der Waals surface area contributed by atoms with E-state index < -0.39 is 17.4 Å². The predicted molar refractivity (Wildman–Crippen MR) is 185 cm³/mol. The number of carbonyl (C=O) groups is 2. The molecule has 4 aromatic carbocycles. The minimum atomic E-state index is -0.691. The minimum Gasteiger partial charge on any atom is -0.467 e. The zero-order valence-electron chi connectivity index (χ0n) is 26.2. The van der Waals surface area contributed by atoms with Crippen LogP contribution in [-0.4, -0.2) is 53.5 Å². The number of benzene rings is 4. The first-order valence-electron chi connectivity index (χ1n) is 15.4. The van der Waals surface area contributed by atoms with Gasteiger partial charge >= 0.3 is 5.97 Å². The van der Waals surface area contributed by atoms with Crippen molar-refractivity contribution in [1.29, 1.82) is 0 Å². The second kappa shape index (κ2) is 16.1. The van der Waals surface area contributed by atoms with Crippen molar-refractivity contribution < 1.29 is 14.3 Å². The summed E-state index contributed by atoms with van der Waals surface area (Å²) in [7, 11) is 1.34. The maximum absolute atomic E-state index is 13.2. The molecule has 0 aliphatic rings. The van der Waals surface area contributed by atoms with E-state index in [1.54, 1.807) is 24.2 Å². The van der Waals surface area contributed by atoms with Crippen molar-refractivity contribution in [3.63, 3.8) is 0 Å². The van der Waals surface area contributed by atoms with Crippen molar-refractivity contribution in [3.05, 3.63) is 161 Å².